The Morgan fingerprint density at radius 3 is 2.65 bits per heavy atom. The van der Waals surface area contributed by atoms with E-state index in [9.17, 15) is 13.6 Å². The molecule has 0 aliphatic rings. The lowest BCUT2D eigenvalue weighted by Crippen LogP contribution is -2.11. The molecule has 17 heavy (non-hydrogen) atoms. The fraction of sp³-hybridized carbons (Fsp3) is 0.400. The summed E-state index contributed by atoms with van der Waals surface area (Å²) >= 11 is 0. The Morgan fingerprint density at radius 1 is 1.53 bits per heavy atom. The fourth-order valence-electron chi connectivity index (χ4n) is 1.30. The van der Waals surface area contributed by atoms with Crippen LogP contribution in [-0.2, 0) is 16.0 Å². The number of nitrogen functional groups attached to an aromatic ring is 1. The van der Waals surface area contributed by atoms with E-state index < -0.39 is 18.0 Å². The number of alkyl halides is 2. The van der Waals surface area contributed by atoms with Crippen LogP contribution < -0.4 is 10.5 Å². The van der Waals surface area contributed by atoms with Gasteiger partial charge in [-0.1, -0.05) is 0 Å². The molecule has 0 amide bonds. The Bertz CT molecular complexity index is 424. The predicted molar refractivity (Wildman–Crippen MR) is 55.9 cm³/mol. The first kappa shape index (κ1) is 13.1. The van der Waals surface area contributed by atoms with Crippen LogP contribution in [-0.4, -0.2) is 25.2 Å². The average molecular weight is 246 g/mol. The second-order valence-electron chi connectivity index (χ2n) is 3.17. The Labute approximate surface area is 96.5 Å². The van der Waals surface area contributed by atoms with Crippen LogP contribution in [0.1, 0.15) is 17.6 Å². The number of anilines is 1. The molecule has 0 aliphatic heterocycles. The van der Waals surface area contributed by atoms with Gasteiger partial charge in [0.2, 0.25) is 5.88 Å². The first-order valence-electron chi connectivity index (χ1n) is 4.67. The van der Waals surface area contributed by atoms with Crippen molar-refractivity contribution in [3.63, 3.8) is 0 Å². The average Bonchev–Trinajstić information content (AvgIpc) is 2.30. The summed E-state index contributed by atoms with van der Waals surface area (Å²) in [5.74, 6) is -0.569. The standard InChI is InChI=1S/C10H12F2N2O3/c1-16-7(15)3-5-8(13)6(9(11)12)4-14-10(5)17-2/h4,9H,3H2,1-2H3,(H2,13,14). The smallest absolute Gasteiger partial charge is 0.310 e. The van der Waals surface area contributed by atoms with Gasteiger partial charge in [0.1, 0.15) is 0 Å². The number of halogens is 2. The van der Waals surface area contributed by atoms with Crippen molar-refractivity contribution >= 4 is 11.7 Å². The van der Waals surface area contributed by atoms with Crippen LogP contribution in [0.4, 0.5) is 14.5 Å². The van der Waals surface area contributed by atoms with Crippen LogP contribution in [0.15, 0.2) is 6.20 Å². The topological polar surface area (TPSA) is 74.4 Å². The van der Waals surface area contributed by atoms with Crippen LogP contribution in [0.25, 0.3) is 0 Å². The molecule has 0 spiro atoms. The molecule has 5 nitrogen and oxygen atoms in total. The lowest BCUT2D eigenvalue weighted by Gasteiger charge is -2.12. The van der Waals surface area contributed by atoms with E-state index in [0.29, 0.717) is 0 Å². The zero-order valence-electron chi connectivity index (χ0n) is 9.37. The van der Waals surface area contributed by atoms with Crippen molar-refractivity contribution in [2.45, 2.75) is 12.8 Å². The van der Waals surface area contributed by atoms with E-state index in [-0.39, 0.29) is 23.6 Å². The first-order valence-corrected chi connectivity index (χ1v) is 4.67. The quantitative estimate of drug-likeness (QED) is 0.811. The molecule has 1 heterocycles. The highest BCUT2D eigenvalue weighted by Gasteiger charge is 2.20. The molecule has 2 N–H and O–H groups in total. The second kappa shape index (κ2) is 5.42. The Morgan fingerprint density at radius 2 is 2.18 bits per heavy atom. The van der Waals surface area contributed by atoms with Crippen molar-refractivity contribution in [1.29, 1.82) is 0 Å². The number of hydrogen-bond donors (Lipinski definition) is 1. The molecule has 94 valence electrons. The Balaban J connectivity index is 3.22. The monoisotopic (exact) mass is 246 g/mol. The third-order valence-corrected chi connectivity index (χ3v) is 2.19. The van der Waals surface area contributed by atoms with E-state index in [0.717, 1.165) is 6.20 Å². The predicted octanol–water partition coefficient (Wildman–Crippen LogP) is 1.33. The first-order chi connectivity index (χ1) is 8.01. The zero-order chi connectivity index (χ0) is 13.0. The molecule has 0 unspecified atom stereocenters. The van der Waals surface area contributed by atoms with Crippen molar-refractivity contribution in [2.75, 3.05) is 20.0 Å². The third kappa shape index (κ3) is 2.80. The van der Waals surface area contributed by atoms with Gasteiger partial charge in [0.05, 0.1) is 31.9 Å². The van der Waals surface area contributed by atoms with E-state index in [1.807, 2.05) is 0 Å². The lowest BCUT2D eigenvalue weighted by molar-refractivity contribution is -0.139. The number of carbonyl (C=O) groups is 1. The van der Waals surface area contributed by atoms with Crippen LogP contribution in [0.3, 0.4) is 0 Å². The van der Waals surface area contributed by atoms with Crippen molar-refractivity contribution in [3.8, 4) is 5.88 Å². The molecule has 0 aliphatic carbocycles. The van der Waals surface area contributed by atoms with Crippen molar-refractivity contribution in [1.82, 2.24) is 4.98 Å². The van der Waals surface area contributed by atoms with Gasteiger partial charge in [-0.2, -0.15) is 0 Å². The summed E-state index contributed by atoms with van der Waals surface area (Å²) in [6.07, 6.45) is -2.09. The van der Waals surface area contributed by atoms with E-state index in [4.69, 9.17) is 10.5 Å². The highest BCUT2D eigenvalue weighted by molar-refractivity contribution is 5.76. The molecule has 0 atom stereocenters. The normalized spacial score (nSPS) is 10.4. The molecular formula is C10H12F2N2O3. The Hall–Kier alpha value is -1.92. The van der Waals surface area contributed by atoms with Gasteiger partial charge in [0.25, 0.3) is 6.43 Å². The minimum absolute atomic E-state index is 0.0392. The van der Waals surface area contributed by atoms with Crippen LogP contribution in [0.5, 0.6) is 5.88 Å². The molecule has 0 radical (unpaired) electrons. The van der Waals surface area contributed by atoms with E-state index >= 15 is 0 Å². The Kier molecular flexibility index (Phi) is 4.19. The molecule has 1 rings (SSSR count). The summed E-state index contributed by atoms with van der Waals surface area (Å²) in [6.45, 7) is 0. The maximum Gasteiger partial charge on any atom is 0.310 e. The number of nitrogens with two attached hydrogens (primary N) is 1. The van der Waals surface area contributed by atoms with Crippen molar-refractivity contribution in [3.05, 3.63) is 17.3 Å². The highest BCUT2D eigenvalue weighted by atomic mass is 19.3. The number of pyridine rings is 1. The minimum Gasteiger partial charge on any atom is -0.481 e. The number of methoxy groups -OCH3 is 2. The van der Waals surface area contributed by atoms with Gasteiger partial charge < -0.3 is 15.2 Å². The van der Waals surface area contributed by atoms with E-state index in [1.165, 1.54) is 14.2 Å². The van der Waals surface area contributed by atoms with Gasteiger partial charge in [-0.3, -0.25) is 4.79 Å². The van der Waals surface area contributed by atoms with Crippen LogP contribution >= 0.6 is 0 Å². The summed E-state index contributed by atoms with van der Waals surface area (Å²) in [5, 5.41) is 0. The van der Waals surface area contributed by atoms with E-state index in [1.54, 1.807) is 0 Å². The van der Waals surface area contributed by atoms with Gasteiger partial charge in [0.15, 0.2) is 0 Å². The number of nitrogens with zero attached hydrogens (tertiary/aromatic N) is 1. The molecule has 0 fully saturated rings. The number of esters is 1. The number of aromatic nitrogens is 1. The number of carbonyl (C=O) groups excluding carboxylic acids is 1. The molecule has 1 aromatic rings. The maximum atomic E-state index is 12.6. The summed E-state index contributed by atoms with van der Waals surface area (Å²) in [5.41, 5.74) is 5.04. The van der Waals surface area contributed by atoms with Gasteiger partial charge >= 0.3 is 5.97 Å². The molecule has 1 aromatic heterocycles. The molecule has 0 aromatic carbocycles. The summed E-state index contributed by atoms with van der Waals surface area (Å²) in [6, 6.07) is 0. The molecule has 7 heteroatoms. The van der Waals surface area contributed by atoms with Crippen LogP contribution in [0.2, 0.25) is 0 Å². The maximum absolute atomic E-state index is 12.6. The van der Waals surface area contributed by atoms with Gasteiger partial charge in [0, 0.05) is 11.8 Å². The number of rotatable bonds is 4. The molecule has 0 saturated heterocycles. The van der Waals surface area contributed by atoms with Crippen molar-refractivity contribution in [2.24, 2.45) is 0 Å². The van der Waals surface area contributed by atoms with Gasteiger partial charge in [-0.25, -0.2) is 13.8 Å². The van der Waals surface area contributed by atoms with Crippen molar-refractivity contribution < 1.29 is 23.0 Å². The summed E-state index contributed by atoms with van der Waals surface area (Å²) in [4.78, 5) is 14.8. The lowest BCUT2D eigenvalue weighted by atomic mass is 10.1. The molecule has 0 bridgehead atoms. The molecule has 0 saturated carbocycles. The molecular weight excluding hydrogens is 234 g/mol. The summed E-state index contributed by atoms with van der Waals surface area (Å²) < 4.78 is 34.5. The summed E-state index contributed by atoms with van der Waals surface area (Å²) in [7, 11) is 2.50. The minimum atomic E-state index is -2.76. The SMILES string of the molecule is COC(=O)Cc1c(OC)ncc(C(F)F)c1N. The number of hydrogen-bond acceptors (Lipinski definition) is 5. The number of ether oxygens (including phenoxy) is 2. The van der Waals surface area contributed by atoms with Gasteiger partial charge in [-0.15, -0.1) is 0 Å². The fourth-order valence-corrected chi connectivity index (χ4v) is 1.30. The zero-order valence-corrected chi connectivity index (χ0v) is 9.37. The van der Waals surface area contributed by atoms with Crippen LogP contribution in [0, 0.1) is 0 Å². The van der Waals surface area contributed by atoms with E-state index in [2.05, 4.69) is 9.72 Å². The largest absolute Gasteiger partial charge is 0.481 e. The third-order valence-electron chi connectivity index (χ3n) is 2.19. The van der Waals surface area contributed by atoms with Gasteiger partial charge in [-0.05, 0) is 0 Å². The second-order valence-corrected chi connectivity index (χ2v) is 3.17. The highest BCUT2D eigenvalue weighted by Crippen LogP contribution is 2.31.